The number of unbranched alkanes of at least 4 members (excludes halogenated alkanes) is 2. The predicted octanol–water partition coefficient (Wildman–Crippen LogP) is 1.99. The van der Waals surface area contributed by atoms with Gasteiger partial charge >= 0.3 is 0 Å². The minimum absolute atomic E-state index is 0.00702. The summed E-state index contributed by atoms with van der Waals surface area (Å²) < 4.78 is 45.1. The van der Waals surface area contributed by atoms with Crippen LogP contribution in [0.4, 0.5) is 13.2 Å². The zero-order valence-electron chi connectivity index (χ0n) is 77.1. The van der Waals surface area contributed by atoms with Crippen LogP contribution in [0.1, 0.15) is 118 Å². The van der Waals surface area contributed by atoms with E-state index in [4.69, 9.17) is 22.9 Å². The standard InChI is InChI=1S/C97H124F3N19O16S/c1-7-8-27-78-96(134)118-39-19-28-76(118)91(129)112-74(50-103)89(127)114-84(56(2)3)97(135)116(5)79(46-57-20-11-9-12-21-57)92(130)111-73(44-59-29-31-61(49-102)32-30-59)94(132)119-40-37-77(119)90(128)106-52-64(48-63-51-105-69-25-16-15-24-66(63)69)85(123)110-71(43-60-33-35-65(120)36-34-60)88(126)109-70(26-17-18-38-101)87(125)113-75(86(124)107-53-81(104)121)54-136-55-82(122)108-72(45-62-41-67(98)83(100)68(99)42-62)93(131)117(6)80(95(133)115(78)4)47-58-22-13-10-14-23-58/h9-16,20-25,29-36,41-42,51,56,64,70-80,84,105,120H,7-8,17-19,26-28,37-40,43-50,52-55,101-103H2,1-6H3,(H2,104,121)(H,106,128)(H,107,124)(H,108,122)(H,109,126)(H,110,123)(H,111,130)(H,112,129)(H,113,125)(H,114,127)/t64-,70+,71+,72+,73+,74+,75+,76-,77-,78+,79+,80+,84+/m1/s1. The highest BCUT2D eigenvalue weighted by molar-refractivity contribution is 8.00. The van der Waals surface area contributed by atoms with Gasteiger partial charge in [-0.25, -0.2) is 13.2 Å². The van der Waals surface area contributed by atoms with Crippen molar-refractivity contribution < 1.29 is 90.2 Å². The number of likely N-dealkylation sites (N-methyl/N-ethyl adjacent to an activating group) is 3. The number of nitrogens with two attached hydrogens (primary N) is 4. The number of amides is 15. The van der Waals surface area contributed by atoms with Gasteiger partial charge in [-0.3, -0.25) is 71.9 Å². The SMILES string of the molecule is CCCC[C@H]1C(=O)N2CCC[C@@H]2C(=O)N[C@@H](CN)C(=O)N[C@@H](C(C)C)C(=O)N(C)[C@@H](Cc2ccccc2)C(=O)N[C@@H](Cc2ccc(CN)cc2)C(=O)N2CC[C@@H]2C(=O)NC[C@@H](Cc2c[nH]c3ccccc23)C(=O)N[C@@H](Cc2ccc(O)cc2)C(=O)N[C@@H](CCCCN)C(=O)N[C@H](C(=O)NCC(N)=O)CSCC(=O)N[C@@H](Cc2cc(F)c(F)c(F)c2)C(=O)N(C)[C@@H](Cc2ccccc2)C(=O)N1C. The molecular weight excluding hydrogens is 1780 g/mol. The summed E-state index contributed by atoms with van der Waals surface area (Å²) in [5.74, 6) is -21.4. The Morgan fingerprint density at radius 1 is 0.507 bits per heavy atom. The molecule has 10 rings (SSSR count). The van der Waals surface area contributed by atoms with E-state index in [-0.39, 0.29) is 108 Å². The lowest BCUT2D eigenvalue weighted by Crippen LogP contribution is -2.64. The number of phenols is 1. The predicted molar refractivity (Wildman–Crippen MR) is 503 cm³/mol. The minimum Gasteiger partial charge on any atom is -0.508 e. The Labute approximate surface area is 791 Å². The molecule has 39 heteroatoms. The average Bonchev–Trinajstić information content (AvgIpc) is 1.43. The monoisotopic (exact) mass is 1900 g/mol. The molecule has 3 aliphatic rings. The fraction of sp³-hybridized carbons (Fsp3) is 0.454. The number of hydrogen-bond acceptors (Lipinski definition) is 20. The summed E-state index contributed by atoms with van der Waals surface area (Å²) in [5, 5.41) is 35.6. The first kappa shape index (κ1) is 105. The normalized spacial score (nSPS) is 23.3. The van der Waals surface area contributed by atoms with Crippen LogP contribution in [-0.2, 0) is 117 Å². The Morgan fingerprint density at radius 2 is 1.05 bits per heavy atom. The maximum absolute atomic E-state index is 15.7. The number of thioether (sulfide) groups is 1. The fourth-order valence-electron chi connectivity index (χ4n) is 16.9. The van der Waals surface area contributed by atoms with Crippen LogP contribution >= 0.6 is 11.8 Å². The van der Waals surface area contributed by atoms with Crippen molar-refractivity contribution >= 4 is 111 Å². The zero-order chi connectivity index (χ0) is 98.6. The zero-order valence-corrected chi connectivity index (χ0v) is 78.0. The molecule has 0 saturated carbocycles. The third-order valence-corrected chi connectivity index (χ3v) is 25.9. The van der Waals surface area contributed by atoms with Gasteiger partial charge in [0.2, 0.25) is 88.6 Å². The van der Waals surface area contributed by atoms with E-state index in [0.29, 0.717) is 81.9 Å². The number of aromatic amines is 1. The molecule has 15 amide bonds. The van der Waals surface area contributed by atoms with Crippen LogP contribution < -0.4 is 70.8 Å². The molecule has 0 spiro atoms. The molecule has 13 atom stereocenters. The highest BCUT2D eigenvalue weighted by atomic mass is 32.2. The Hall–Kier alpha value is -13.3. The van der Waals surface area contributed by atoms with Gasteiger partial charge in [-0.2, -0.15) is 0 Å². The van der Waals surface area contributed by atoms with E-state index in [2.05, 4.69) is 52.8 Å². The van der Waals surface area contributed by atoms with Crippen molar-refractivity contribution in [3.8, 4) is 5.75 Å². The first-order valence-corrected chi connectivity index (χ1v) is 46.9. The summed E-state index contributed by atoms with van der Waals surface area (Å²) in [4.78, 5) is 234. The van der Waals surface area contributed by atoms with Crippen LogP contribution in [-0.4, -0.2) is 268 Å². The molecular formula is C97H124F3N19O16S. The van der Waals surface area contributed by atoms with Crippen molar-refractivity contribution in [3.63, 3.8) is 0 Å². The molecule has 1 aromatic heterocycles. The van der Waals surface area contributed by atoms with Crippen LogP contribution in [0.5, 0.6) is 5.75 Å². The summed E-state index contributed by atoms with van der Waals surface area (Å²) >= 11 is 0.696. The van der Waals surface area contributed by atoms with Gasteiger partial charge in [0.05, 0.1) is 18.2 Å². The molecule has 35 nitrogen and oxygen atoms in total. The number of fused-ring (bicyclic) bond motifs is 3. The molecule has 4 heterocycles. The van der Waals surface area contributed by atoms with E-state index in [0.717, 1.165) is 20.3 Å². The second-order valence-electron chi connectivity index (χ2n) is 35.0. The number of primary amides is 1. The molecule has 19 N–H and O–H groups in total. The average molecular weight is 1900 g/mol. The number of nitrogens with zero attached hydrogens (tertiary/aromatic N) is 5. The van der Waals surface area contributed by atoms with E-state index in [1.807, 2.05) is 19.1 Å². The molecule has 3 fully saturated rings. The number of H-pyrrole nitrogens is 1. The van der Waals surface area contributed by atoms with E-state index >= 15 is 51.9 Å². The smallest absolute Gasteiger partial charge is 0.246 e. The number of aromatic hydroxyl groups is 1. The van der Waals surface area contributed by atoms with Gasteiger partial charge in [-0.05, 0) is 133 Å². The van der Waals surface area contributed by atoms with Crippen molar-refractivity contribution in [1.82, 2.24) is 77.3 Å². The van der Waals surface area contributed by atoms with Gasteiger partial charge in [-0.1, -0.05) is 149 Å². The van der Waals surface area contributed by atoms with Crippen molar-refractivity contribution in [2.24, 2.45) is 34.8 Å². The second-order valence-corrected chi connectivity index (χ2v) is 36.0. The number of nitrogens with one attached hydrogen (secondary N) is 10. The van der Waals surface area contributed by atoms with Crippen LogP contribution in [0, 0.1) is 29.3 Å². The van der Waals surface area contributed by atoms with Gasteiger partial charge < -0.3 is 105 Å². The summed E-state index contributed by atoms with van der Waals surface area (Å²) in [7, 11) is 3.94. The minimum atomic E-state index is -1.84. The van der Waals surface area contributed by atoms with Crippen LogP contribution in [0.15, 0.2) is 152 Å². The molecule has 6 aromatic carbocycles. The number of aromatic nitrogens is 1. The van der Waals surface area contributed by atoms with Crippen molar-refractivity contribution in [2.75, 3.05) is 71.9 Å². The van der Waals surface area contributed by atoms with Crippen molar-refractivity contribution in [3.05, 3.63) is 208 Å². The van der Waals surface area contributed by atoms with E-state index in [9.17, 15) is 38.3 Å². The number of phenolic OH excluding ortho intramolecular Hbond substituents is 1. The largest absolute Gasteiger partial charge is 0.508 e. The number of hydrogen-bond donors (Lipinski definition) is 15. The fourth-order valence-corrected chi connectivity index (χ4v) is 17.8. The Balaban J connectivity index is 1.04. The van der Waals surface area contributed by atoms with Crippen molar-refractivity contribution in [2.45, 2.75) is 196 Å². The molecule has 0 unspecified atom stereocenters. The van der Waals surface area contributed by atoms with Gasteiger partial charge in [0.1, 0.15) is 78.3 Å². The lowest BCUT2D eigenvalue weighted by Gasteiger charge is -2.42. The number of carbonyl (C=O) groups is 15. The molecule has 0 radical (unpaired) electrons. The maximum Gasteiger partial charge on any atom is 0.246 e. The number of benzene rings is 6. The molecule has 730 valence electrons. The molecule has 7 aromatic rings. The molecule has 136 heavy (non-hydrogen) atoms. The molecule has 0 aliphatic carbocycles. The summed E-state index contributed by atoms with van der Waals surface area (Å²) in [6, 6.07) is 20.4. The quantitative estimate of drug-likeness (QED) is 0.0287. The number of carbonyl (C=O) groups excluding carboxylic acids is 15. The van der Waals surface area contributed by atoms with E-state index in [1.165, 1.54) is 55.2 Å². The van der Waals surface area contributed by atoms with E-state index in [1.54, 1.807) is 117 Å². The van der Waals surface area contributed by atoms with E-state index < -0.39 is 228 Å². The third-order valence-electron chi connectivity index (χ3n) is 24.9. The lowest BCUT2D eigenvalue weighted by atomic mass is 9.95. The number of para-hydroxylation sites is 1. The highest BCUT2D eigenvalue weighted by Gasteiger charge is 2.47. The molecule has 3 saturated heterocycles. The topological polar surface area (TPSA) is 521 Å². The first-order chi connectivity index (χ1) is 65.1. The molecule has 0 bridgehead atoms. The summed E-state index contributed by atoms with van der Waals surface area (Å²) in [5.41, 5.74) is 27.5. The van der Waals surface area contributed by atoms with Gasteiger partial charge in [-0.15, -0.1) is 11.8 Å². The van der Waals surface area contributed by atoms with Crippen LogP contribution in [0.25, 0.3) is 10.9 Å². The third kappa shape index (κ3) is 28.4. The van der Waals surface area contributed by atoms with Gasteiger partial charge in [0, 0.05) is 109 Å². The Morgan fingerprint density at radius 3 is 1.67 bits per heavy atom. The summed E-state index contributed by atoms with van der Waals surface area (Å²) in [6.45, 7) is 3.75. The van der Waals surface area contributed by atoms with Crippen molar-refractivity contribution in [1.29, 1.82) is 0 Å². The van der Waals surface area contributed by atoms with Gasteiger partial charge in [0.15, 0.2) is 17.5 Å². The highest BCUT2D eigenvalue weighted by Crippen LogP contribution is 2.29. The number of halogens is 3. The Bertz CT molecular complexity index is 5350. The Kier molecular flexibility index (Phi) is 38.8. The number of rotatable bonds is 25. The second kappa shape index (κ2) is 50.3. The van der Waals surface area contributed by atoms with Crippen LogP contribution in [0.2, 0.25) is 0 Å². The maximum atomic E-state index is 15.7. The lowest BCUT2D eigenvalue weighted by molar-refractivity contribution is -0.152. The first-order valence-electron chi connectivity index (χ1n) is 45.8. The van der Waals surface area contributed by atoms with Crippen LogP contribution in [0.3, 0.4) is 0 Å². The summed E-state index contributed by atoms with van der Waals surface area (Å²) in [6.07, 6.45) is 1.71. The molecule has 3 aliphatic heterocycles. The van der Waals surface area contributed by atoms with Gasteiger partial charge in [0.25, 0.3) is 0 Å².